The Labute approximate surface area is 178 Å². The zero-order valence-electron chi connectivity index (χ0n) is 17.8. The number of likely N-dealkylation sites (tertiary alicyclic amines) is 1. The number of hydrogen-bond acceptors (Lipinski definition) is 5. The molecule has 1 unspecified atom stereocenters. The van der Waals surface area contributed by atoms with E-state index >= 15 is 0 Å². The summed E-state index contributed by atoms with van der Waals surface area (Å²) in [6.45, 7) is 8.41. The van der Waals surface area contributed by atoms with Crippen LogP contribution in [0.25, 0.3) is 5.69 Å². The molecule has 3 aliphatic rings. The van der Waals surface area contributed by atoms with Crippen LogP contribution in [0.3, 0.4) is 0 Å². The van der Waals surface area contributed by atoms with E-state index in [1.165, 1.54) is 12.0 Å². The summed E-state index contributed by atoms with van der Waals surface area (Å²) in [5.74, 6) is 0.980. The SMILES string of the molecule is Cc1ccc(-n2nnc(C(=O)N3CCCC(CN4CCOCC4)C3)c2C2CC2)cc1. The molecule has 5 rings (SSSR count). The number of ether oxygens (including phenoxy) is 1. The van der Waals surface area contributed by atoms with E-state index in [9.17, 15) is 4.79 Å². The minimum atomic E-state index is 0.0574. The minimum absolute atomic E-state index is 0.0574. The number of amides is 1. The van der Waals surface area contributed by atoms with E-state index in [-0.39, 0.29) is 5.91 Å². The molecule has 1 aromatic heterocycles. The van der Waals surface area contributed by atoms with Crippen LogP contribution in [0.4, 0.5) is 0 Å². The molecular weight excluding hydrogens is 378 g/mol. The normalized spacial score (nSPS) is 23.0. The Kier molecular flexibility index (Phi) is 5.56. The molecule has 1 aliphatic carbocycles. The molecule has 1 saturated carbocycles. The van der Waals surface area contributed by atoms with Crippen LogP contribution in [0.1, 0.15) is 53.3 Å². The summed E-state index contributed by atoms with van der Waals surface area (Å²) in [6, 6.07) is 8.28. The molecule has 1 aromatic carbocycles. The monoisotopic (exact) mass is 409 g/mol. The highest BCUT2D eigenvalue weighted by Gasteiger charge is 2.36. The van der Waals surface area contributed by atoms with E-state index in [4.69, 9.17) is 4.74 Å². The summed E-state index contributed by atoms with van der Waals surface area (Å²) in [4.78, 5) is 18.0. The molecule has 0 radical (unpaired) electrons. The van der Waals surface area contributed by atoms with Crippen LogP contribution in [-0.4, -0.2) is 76.6 Å². The number of carbonyl (C=O) groups is 1. The molecule has 0 bridgehead atoms. The molecule has 2 saturated heterocycles. The van der Waals surface area contributed by atoms with Gasteiger partial charge in [-0.3, -0.25) is 9.69 Å². The molecular formula is C23H31N5O2. The molecule has 3 heterocycles. The highest BCUT2D eigenvalue weighted by atomic mass is 16.5. The van der Waals surface area contributed by atoms with Crippen molar-refractivity contribution in [2.75, 3.05) is 45.9 Å². The quantitative estimate of drug-likeness (QED) is 0.760. The Hall–Kier alpha value is -2.25. The first kappa shape index (κ1) is 19.7. The molecule has 30 heavy (non-hydrogen) atoms. The number of aryl methyl sites for hydroxylation is 1. The van der Waals surface area contributed by atoms with Crippen molar-refractivity contribution in [2.45, 2.75) is 38.5 Å². The third kappa shape index (κ3) is 4.14. The van der Waals surface area contributed by atoms with Crippen molar-refractivity contribution in [1.82, 2.24) is 24.8 Å². The van der Waals surface area contributed by atoms with Gasteiger partial charge < -0.3 is 9.64 Å². The van der Waals surface area contributed by atoms with Crippen LogP contribution in [0.2, 0.25) is 0 Å². The zero-order chi connectivity index (χ0) is 20.5. The molecule has 1 amide bonds. The van der Waals surface area contributed by atoms with Gasteiger partial charge in [-0.25, -0.2) is 4.68 Å². The average Bonchev–Trinajstić information content (AvgIpc) is 3.53. The second-order valence-corrected chi connectivity index (χ2v) is 9.02. The number of hydrogen-bond donors (Lipinski definition) is 0. The summed E-state index contributed by atoms with van der Waals surface area (Å²) >= 11 is 0. The van der Waals surface area contributed by atoms with E-state index in [0.29, 0.717) is 17.5 Å². The van der Waals surface area contributed by atoms with Gasteiger partial charge in [0.1, 0.15) is 0 Å². The van der Waals surface area contributed by atoms with Gasteiger partial charge in [0.05, 0.1) is 24.6 Å². The van der Waals surface area contributed by atoms with Crippen molar-refractivity contribution in [1.29, 1.82) is 0 Å². The van der Waals surface area contributed by atoms with Gasteiger partial charge in [0, 0.05) is 38.6 Å². The van der Waals surface area contributed by atoms with Crippen molar-refractivity contribution in [3.63, 3.8) is 0 Å². The first-order valence-corrected chi connectivity index (χ1v) is 11.3. The maximum absolute atomic E-state index is 13.5. The van der Waals surface area contributed by atoms with Crippen molar-refractivity contribution in [3.05, 3.63) is 41.2 Å². The largest absolute Gasteiger partial charge is 0.379 e. The summed E-state index contributed by atoms with van der Waals surface area (Å²) in [7, 11) is 0. The van der Waals surface area contributed by atoms with E-state index in [1.54, 1.807) is 0 Å². The van der Waals surface area contributed by atoms with Crippen LogP contribution >= 0.6 is 0 Å². The molecule has 1 atom stereocenters. The van der Waals surface area contributed by atoms with Gasteiger partial charge in [0.15, 0.2) is 5.69 Å². The van der Waals surface area contributed by atoms with Crippen LogP contribution < -0.4 is 0 Å². The fourth-order valence-electron chi connectivity index (χ4n) is 4.74. The molecule has 7 heteroatoms. The van der Waals surface area contributed by atoms with Gasteiger partial charge in [0.25, 0.3) is 5.91 Å². The molecule has 160 valence electrons. The minimum Gasteiger partial charge on any atom is -0.379 e. The van der Waals surface area contributed by atoms with Gasteiger partial charge in [-0.1, -0.05) is 22.9 Å². The zero-order valence-corrected chi connectivity index (χ0v) is 17.8. The van der Waals surface area contributed by atoms with Crippen molar-refractivity contribution < 1.29 is 9.53 Å². The van der Waals surface area contributed by atoms with Crippen LogP contribution in [0, 0.1) is 12.8 Å². The average molecular weight is 410 g/mol. The predicted molar refractivity (Wildman–Crippen MR) is 114 cm³/mol. The molecule has 2 aliphatic heterocycles. The van der Waals surface area contributed by atoms with Gasteiger partial charge in [-0.05, 0) is 50.7 Å². The molecule has 0 N–H and O–H groups in total. The first-order chi connectivity index (χ1) is 14.7. The topological polar surface area (TPSA) is 63.5 Å². The van der Waals surface area contributed by atoms with Gasteiger partial charge >= 0.3 is 0 Å². The number of piperidine rings is 1. The summed E-state index contributed by atoms with van der Waals surface area (Å²) < 4.78 is 7.36. The van der Waals surface area contributed by atoms with Crippen LogP contribution in [-0.2, 0) is 4.74 Å². The highest BCUT2D eigenvalue weighted by molar-refractivity contribution is 5.93. The summed E-state index contributed by atoms with van der Waals surface area (Å²) in [5.41, 5.74) is 3.75. The number of aromatic nitrogens is 3. The van der Waals surface area contributed by atoms with Gasteiger partial charge in [-0.15, -0.1) is 5.10 Å². The second kappa shape index (κ2) is 8.47. The Bertz CT molecular complexity index is 883. The lowest BCUT2D eigenvalue weighted by molar-refractivity contribution is 0.0223. The summed E-state index contributed by atoms with van der Waals surface area (Å²) in [5, 5.41) is 8.79. The maximum atomic E-state index is 13.5. The number of carbonyl (C=O) groups excluding carboxylic acids is 1. The number of benzene rings is 1. The van der Waals surface area contributed by atoms with Crippen molar-refractivity contribution >= 4 is 5.91 Å². The van der Waals surface area contributed by atoms with E-state index in [2.05, 4.69) is 46.4 Å². The van der Waals surface area contributed by atoms with E-state index < -0.39 is 0 Å². The standard InChI is InChI=1S/C23H31N5O2/c1-17-4-8-20(9-5-17)28-22(19-6-7-19)21(24-25-28)23(29)27-10-2-3-18(16-27)15-26-11-13-30-14-12-26/h4-5,8-9,18-19H,2-3,6-7,10-16H2,1H3. The number of rotatable bonds is 5. The lowest BCUT2D eigenvalue weighted by Gasteiger charge is -2.36. The Balaban J connectivity index is 1.33. The molecule has 0 spiro atoms. The second-order valence-electron chi connectivity index (χ2n) is 9.02. The first-order valence-electron chi connectivity index (χ1n) is 11.3. The number of nitrogens with zero attached hydrogens (tertiary/aromatic N) is 5. The van der Waals surface area contributed by atoms with Crippen molar-refractivity contribution in [3.8, 4) is 5.69 Å². The van der Waals surface area contributed by atoms with E-state index in [1.807, 2.05) is 9.58 Å². The molecule has 3 fully saturated rings. The number of morpholine rings is 1. The Morgan fingerprint density at radius 1 is 1.10 bits per heavy atom. The smallest absolute Gasteiger partial charge is 0.276 e. The fraction of sp³-hybridized carbons (Fsp3) is 0.609. The molecule has 2 aromatic rings. The lowest BCUT2D eigenvalue weighted by atomic mass is 9.96. The Morgan fingerprint density at radius 2 is 1.87 bits per heavy atom. The van der Waals surface area contributed by atoms with Gasteiger partial charge in [-0.2, -0.15) is 0 Å². The van der Waals surface area contributed by atoms with Crippen molar-refractivity contribution in [2.24, 2.45) is 5.92 Å². The third-order valence-corrected chi connectivity index (χ3v) is 6.58. The summed E-state index contributed by atoms with van der Waals surface area (Å²) in [6.07, 6.45) is 4.47. The Morgan fingerprint density at radius 3 is 2.60 bits per heavy atom. The third-order valence-electron chi connectivity index (χ3n) is 6.58. The maximum Gasteiger partial charge on any atom is 0.276 e. The predicted octanol–water partition coefficient (Wildman–Crippen LogP) is 2.64. The highest BCUT2D eigenvalue weighted by Crippen LogP contribution is 2.42. The fourth-order valence-corrected chi connectivity index (χ4v) is 4.74. The van der Waals surface area contributed by atoms with Gasteiger partial charge in [0.2, 0.25) is 0 Å². The van der Waals surface area contributed by atoms with Crippen LogP contribution in [0.15, 0.2) is 24.3 Å². The van der Waals surface area contributed by atoms with Crippen LogP contribution in [0.5, 0.6) is 0 Å². The lowest BCUT2D eigenvalue weighted by Crippen LogP contribution is -2.46. The van der Waals surface area contributed by atoms with E-state index in [0.717, 1.165) is 76.6 Å². The molecule has 7 nitrogen and oxygen atoms in total.